The molecule has 110 valence electrons. The van der Waals surface area contributed by atoms with Crippen LogP contribution in [0.5, 0.6) is 0 Å². The molecule has 1 aliphatic rings. The molecule has 0 radical (unpaired) electrons. The number of Topliss-reactive ketones (excluding diaryl/α,β-unsaturated/α-hetero) is 1. The van der Waals surface area contributed by atoms with Crippen molar-refractivity contribution in [3.05, 3.63) is 35.4 Å². The van der Waals surface area contributed by atoms with E-state index in [4.69, 9.17) is 0 Å². The highest BCUT2D eigenvalue weighted by atomic mass is 32.2. The smallest absolute Gasteiger partial charge is 0.176 e. The Morgan fingerprint density at radius 3 is 2.70 bits per heavy atom. The quantitative estimate of drug-likeness (QED) is 0.746. The molecule has 0 amide bonds. The van der Waals surface area contributed by atoms with Crippen molar-refractivity contribution in [3.8, 4) is 0 Å². The van der Waals surface area contributed by atoms with E-state index in [1.54, 1.807) is 0 Å². The SMILES string of the molecule is CCCc1ccc(C(=O)CN2CCSC(CC)C2)cc1. The first-order valence-corrected chi connectivity index (χ1v) is 8.74. The average Bonchev–Trinajstić information content (AvgIpc) is 2.48. The van der Waals surface area contributed by atoms with E-state index < -0.39 is 0 Å². The molecule has 0 bridgehead atoms. The molecule has 2 nitrogen and oxygen atoms in total. The van der Waals surface area contributed by atoms with E-state index in [9.17, 15) is 4.79 Å². The van der Waals surface area contributed by atoms with Crippen LogP contribution in [0.25, 0.3) is 0 Å². The van der Waals surface area contributed by atoms with Crippen LogP contribution in [0.1, 0.15) is 42.6 Å². The summed E-state index contributed by atoms with van der Waals surface area (Å²) in [7, 11) is 0. The molecular weight excluding hydrogens is 266 g/mol. The third-order valence-corrected chi connectivity index (χ3v) is 5.23. The first-order valence-electron chi connectivity index (χ1n) is 7.69. The van der Waals surface area contributed by atoms with Crippen molar-refractivity contribution in [2.75, 3.05) is 25.4 Å². The van der Waals surface area contributed by atoms with Gasteiger partial charge in [0.1, 0.15) is 0 Å². The molecule has 1 fully saturated rings. The third kappa shape index (κ3) is 4.35. The average molecular weight is 291 g/mol. The largest absolute Gasteiger partial charge is 0.294 e. The normalized spacial score (nSPS) is 20.0. The van der Waals surface area contributed by atoms with Crippen LogP contribution in [-0.4, -0.2) is 41.3 Å². The molecule has 3 heteroatoms. The molecule has 1 aliphatic heterocycles. The van der Waals surface area contributed by atoms with E-state index in [1.165, 1.54) is 12.0 Å². The van der Waals surface area contributed by atoms with Gasteiger partial charge in [0.15, 0.2) is 5.78 Å². The first-order chi connectivity index (χ1) is 9.72. The first kappa shape index (κ1) is 15.6. The second-order valence-corrected chi connectivity index (χ2v) is 6.91. The van der Waals surface area contributed by atoms with Crippen LogP contribution in [0.3, 0.4) is 0 Å². The van der Waals surface area contributed by atoms with Crippen molar-refractivity contribution in [2.24, 2.45) is 0 Å². The molecule has 1 unspecified atom stereocenters. The molecule has 1 saturated heterocycles. The van der Waals surface area contributed by atoms with Gasteiger partial charge >= 0.3 is 0 Å². The zero-order valence-electron chi connectivity index (χ0n) is 12.6. The maximum atomic E-state index is 12.3. The molecule has 20 heavy (non-hydrogen) atoms. The van der Waals surface area contributed by atoms with Gasteiger partial charge in [-0.2, -0.15) is 11.8 Å². The van der Waals surface area contributed by atoms with Gasteiger partial charge in [0.2, 0.25) is 0 Å². The van der Waals surface area contributed by atoms with Gasteiger partial charge < -0.3 is 0 Å². The summed E-state index contributed by atoms with van der Waals surface area (Å²) in [5.41, 5.74) is 2.18. The summed E-state index contributed by atoms with van der Waals surface area (Å²) in [6, 6.07) is 8.17. The Balaban J connectivity index is 1.90. The standard InChI is InChI=1S/C17H25NOS/c1-3-5-14-6-8-15(9-7-14)17(19)13-18-10-11-20-16(4-2)12-18/h6-9,16H,3-5,10-13H2,1-2H3. The van der Waals surface area contributed by atoms with E-state index in [2.05, 4.69) is 30.9 Å². The van der Waals surface area contributed by atoms with Crippen molar-refractivity contribution in [3.63, 3.8) is 0 Å². The van der Waals surface area contributed by atoms with Crippen molar-refractivity contribution in [1.82, 2.24) is 4.90 Å². The zero-order chi connectivity index (χ0) is 14.4. The van der Waals surface area contributed by atoms with Crippen LogP contribution >= 0.6 is 11.8 Å². The second-order valence-electron chi connectivity index (χ2n) is 5.51. The van der Waals surface area contributed by atoms with Crippen LogP contribution in [0, 0.1) is 0 Å². The molecule has 1 aromatic rings. The highest BCUT2D eigenvalue weighted by Crippen LogP contribution is 2.21. The van der Waals surface area contributed by atoms with Gasteiger partial charge in [-0.05, 0) is 18.4 Å². The number of thioether (sulfide) groups is 1. The predicted octanol–water partition coefficient (Wildman–Crippen LogP) is 3.65. The minimum Gasteiger partial charge on any atom is -0.294 e. The van der Waals surface area contributed by atoms with Gasteiger partial charge in [0, 0.05) is 29.7 Å². The molecule has 0 spiro atoms. The number of rotatable bonds is 6. The fraction of sp³-hybridized carbons (Fsp3) is 0.588. The lowest BCUT2D eigenvalue weighted by molar-refractivity contribution is 0.0932. The molecule has 1 heterocycles. The Morgan fingerprint density at radius 2 is 2.05 bits per heavy atom. The summed E-state index contributed by atoms with van der Waals surface area (Å²) in [5, 5.41) is 0.698. The summed E-state index contributed by atoms with van der Waals surface area (Å²) in [4.78, 5) is 14.6. The monoisotopic (exact) mass is 291 g/mol. The van der Waals surface area contributed by atoms with Crippen LogP contribution in [0.2, 0.25) is 0 Å². The lowest BCUT2D eigenvalue weighted by atomic mass is 10.0. The number of carbonyl (C=O) groups excluding carboxylic acids is 1. The highest BCUT2D eigenvalue weighted by Gasteiger charge is 2.21. The third-order valence-electron chi connectivity index (χ3n) is 3.86. The van der Waals surface area contributed by atoms with Crippen molar-refractivity contribution >= 4 is 17.5 Å². The Bertz CT molecular complexity index is 429. The fourth-order valence-electron chi connectivity index (χ4n) is 2.61. The number of aryl methyl sites for hydroxylation is 1. The molecule has 0 aromatic heterocycles. The number of hydrogen-bond donors (Lipinski definition) is 0. The Hall–Kier alpha value is -0.800. The van der Waals surface area contributed by atoms with Crippen molar-refractivity contribution in [2.45, 2.75) is 38.4 Å². The van der Waals surface area contributed by atoms with Gasteiger partial charge in [-0.1, -0.05) is 44.5 Å². The van der Waals surface area contributed by atoms with Gasteiger partial charge in [-0.15, -0.1) is 0 Å². The molecule has 0 aliphatic carbocycles. The molecule has 0 N–H and O–H groups in total. The maximum absolute atomic E-state index is 12.3. The van der Waals surface area contributed by atoms with E-state index in [1.807, 2.05) is 23.9 Å². The number of hydrogen-bond acceptors (Lipinski definition) is 3. The van der Waals surface area contributed by atoms with Gasteiger partial charge in [0.05, 0.1) is 6.54 Å². The summed E-state index contributed by atoms with van der Waals surface area (Å²) in [5.74, 6) is 1.41. The van der Waals surface area contributed by atoms with E-state index in [0.29, 0.717) is 11.8 Å². The maximum Gasteiger partial charge on any atom is 0.176 e. The number of ketones is 1. The number of nitrogens with zero attached hydrogens (tertiary/aromatic N) is 1. The summed E-state index contributed by atoms with van der Waals surface area (Å²) in [6.45, 7) is 7.08. The molecular formula is C17H25NOS. The lowest BCUT2D eigenvalue weighted by Crippen LogP contribution is -2.40. The van der Waals surface area contributed by atoms with E-state index in [0.717, 1.165) is 37.2 Å². The summed E-state index contributed by atoms with van der Waals surface area (Å²) >= 11 is 2.04. The van der Waals surface area contributed by atoms with Crippen LogP contribution in [0.15, 0.2) is 24.3 Å². The van der Waals surface area contributed by atoms with Crippen LogP contribution in [-0.2, 0) is 6.42 Å². The Kier molecular flexibility index (Phi) is 6.11. The van der Waals surface area contributed by atoms with Crippen LogP contribution in [0.4, 0.5) is 0 Å². The van der Waals surface area contributed by atoms with E-state index in [-0.39, 0.29) is 5.78 Å². The fourth-order valence-corrected chi connectivity index (χ4v) is 3.86. The van der Waals surface area contributed by atoms with Crippen molar-refractivity contribution in [1.29, 1.82) is 0 Å². The highest BCUT2D eigenvalue weighted by molar-refractivity contribution is 8.00. The summed E-state index contributed by atoms with van der Waals surface area (Å²) < 4.78 is 0. The van der Waals surface area contributed by atoms with Crippen LogP contribution < -0.4 is 0 Å². The molecule has 1 atom stereocenters. The Morgan fingerprint density at radius 1 is 1.30 bits per heavy atom. The number of carbonyl (C=O) groups is 1. The topological polar surface area (TPSA) is 20.3 Å². The summed E-state index contributed by atoms with van der Waals surface area (Å²) in [6.07, 6.45) is 3.44. The zero-order valence-corrected chi connectivity index (χ0v) is 13.4. The van der Waals surface area contributed by atoms with E-state index >= 15 is 0 Å². The van der Waals surface area contributed by atoms with Gasteiger partial charge in [0.25, 0.3) is 0 Å². The Labute approximate surface area is 126 Å². The molecule has 0 saturated carbocycles. The minimum atomic E-state index is 0.259. The molecule has 1 aromatic carbocycles. The predicted molar refractivity (Wildman–Crippen MR) is 87.7 cm³/mol. The number of benzene rings is 1. The minimum absolute atomic E-state index is 0.259. The van der Waals surface area contributed by atoms with Gasteiger partial charge in [-0.3, -0.25) is 9.69 Å². The second kappa shape index (κ2) is 7.84. The lowest BCUT2D eigenvalue weighted by Gasteiger charge is -2.31. The van der Waals surface area contributed by atoms with Crippen molar-refractivity contribution < 1.29 is 4.79 Å². The molecule has 2 rings (SSSR count). The van der Waals surface area contributed by atoms with Gasteiger partial charge in [-0.25, -0.2) is 0 Å².